The smallest absolute Gasteiger partial charge is 0.279 e. The number of nitrogens with zero attached hydrogens (tertiary/aromatic N) is 2. The van der Waals surface area contributed by atoms with Crippen molar-refractivity contribution in [3.63, 3.8) is 0 Å². The summed E-state index contributed by atoms with van der Waals surface area (Å²) in [5, 5.41) is 7.51. The van der Waals surface area contributed by atoms with Gasteiger partial charge in [0.1, 0.15) is 12.4 Å². The first-order chi connectivity index (χ1) is 15.6. The second-order valence-corrected chi connectivity index (χ2v) is 7.61. The Bertz CT molecular complexity index is 1210. The zero-order valence-corrected chi connectivity index (χ0v) is 17.2. The molecule has 2 aliphatic rings. The fraction of sp³-hybridized carbons (Fsp3) is 0.208. The van der Waals surface area contributed by atoms with E-state index in [9.17, 15) is 0 Å². The van der Waals surface area contributed by atoms with Gasteiger partial charge in [-0.2, -0.15) is 4.39 Å². The van der Waals surface area contributed by atoms with E-state index in [0.717, 1.165) is 28.7 Å². The van der Waals surface area contributed by atoms with Crippen molar-refractivity contribution in [3.8, 4) is 22.6 Å². The summed E-state index contributed by atoms with van der Waals surface area (Å²) in [5.41, 5.74) is 10.1. The van der Waals surface area contributed by atoms with Crippen LogP contribution < -0.4 is 10.5 Å². The molecule has 1 aromatic carbocycles. The predicted octanol–water partition coefficient (Wildman–Crippen LogP) is 4.23. The summed E-state index contributed by atoms with van der Waals surface area (Å²) in [6.45, 7) is 1.08. The number of nitrogens with two attached hydrogens (primary N) is 1. The molecule has 8 heteroatoms. The van der Waals surface area contributed by atoms with E-state index in [1.807, 2.05) is 36.4 Å². The SMILES string of the molecule is N=C(N)OCC1c2cc(-c3cccnc3)ccc2Oc2c1cc(C1=CCCOC1)nc2F. The zero-order valence-electron chi connectivity index (χ0n) is 17.2. The van der Waals surface area contributed by atoms with Gasteiger partial charge in [-0.25, -0.2) is 4.98 Å². The first-order valence-corrected chi connectivity index (χ1v) is 10.3. The van der Waals surface area contributed by atoms with Crippen LogP contribution in [-0.4, -0.2) is 35.8 Å². The van der Waals surface area contributed by atoms with Gasteiger partial charge < -0.3 is 19.9 Å². The van der Waals surface area contributed by atoms with Gasteiger partial charge in [-0.3, -0.25) is 10.4 Å². The van der Waals surface area contributed by atoms with Crippen molar-refractivity contribution < 1.29 is 18.6 Å². The molecule has 0 fully saturated rings. The van der Waals surface area contributed by atoms with Crippen molar-refractivity contribution in [2.24, 2.45) is 5.73 Å². The van der Waals surface area contributed by atoms with Gasteiger partial charge in [-0.15, -0.1) is 0 Å². The van der Waals surface area contributed by atoms with Crippen LogP contribution in [0.1, 0.15) is 29.2 Å². The van der Waals surface area contributed by atoms with Gasteiger partial charge >= 0.3 is 0 Å². The third kappa shape index (κ3) is 3.80. The van der Waals surface area contributed by atoms with E-state index in [-0.39, 0.29) is 12.4 Å². The maximum atomic E-state index is 15.1. The maximum Gasteiger partial charge on any atom is 0.279 e. The Morgan fingerprint density at radius 1 is 1.22 bits per heavy atom. The molecule has 0 amide bonds. The van der Waals surface area contributed by atoms with Gasteiger partial charge in [0.15, 0.2) is 5.75 Å². The van der Waals surface area contributed by atoms with Crippen LogP contribution >= 0.6 is 0 Å². The van der Waals surface area contributed by atoms with Crippen LogP contribution in [-0.2, 0) is 9.47 Å². The fourth-order valence-electron chi connectivity index (χ4n) is 4.04. The molecule has 0 saturated carbocycles. The van der Waals surface area contributed by atoms with Gasteiger partial charge in [-0.1, -0.05) is 18.2 Å². The standard InChI is InChI=1S/C24H21FN4O3/c25-23-22-18(10-20(29-23)16-4-2-8-30-12-16)19(13-31-24(26)27)17-9-14(5-6-21(17)32-22)15-3-1-7-28-11-15/h1,3-7,9-11,19H,2,8,12-13H2,(H3,26,27). The van der Waals surface area contributed by atoms with Gasteiger partial charge in [0, 0.05) is 29.1 Å². The number of halogens is 1. The molecule has 0 aliphatic carbocycles. The van der Waals surface area contributed by atoms with Crippen molar-refractivity contribution >= 4 is 11.6 Å². The van der Waals surface area contributed by atoms with Gasteiger partial charge in [-0.05, 0) is 41.8 Å². The van der Waals surface area contributed by atoms with E-state index in [4.69, 9.17) is 25.4 Å². The number of aromatic nitrogens is 2. The number of hydrogen-bond donors (Lipinski definition) is 2. The van der Waals surface area contributed by atoms with E-state index in [1.54, 1.807) is 18.5 Å². The molecule has 162 valence electrons. The molecule has 3 aromatic rings. The van der Waals surface area contributed by atoms with E-state index in [0.29, 0.717) is 30.2 Å². The minimum absolute atomic E-state index is 0.0601. The van der Waals surface area contributed by atoms with Crippen molar-refractivity contribution in [3.05, 3.63) is 77.6 Å². The maximum absolute atomic E-state index is 15.1. The Kier molecular flexibility index (Phi) is 5.28. The molecule has 3 N–H and O–H groups in total. The summed E-state index contributed by atoms with van der Waals surface area (Å²) in [6.07, 6.45) is 6.25. The molecule has 32 heavy (non-hydrogen) atoms. The number of pyridine rings is 2. The summed E-state index contributed by atoms with van der Waals surface area (Å²) < 4.78 is 31.9. The minimum Gasteiger partial charge on any atom is -0.465 e. The molecule has 7 nitrogen and oxygen atoms in total. The normalized spacial score (nSPS) is 16.9. The lowest BCUT2D eigenvalue weighted by Crippen LogP contribution is -2.22. The first kappa shape index (κ1) is 20.1. The number of rotatable bonds is 4. The predicted molar refractivity (Wildman–Crippen MR) is 117 cm³/mol. The average Bonchev–Trinajstić information content (AvgIpc) is 2.83. The van der Waals surface area contributed by atoms with Gasteiger partial charge in [0.25, 0.3) is 12.0 Å². The first-order valence-electron chi connectivity index (χ1n) is 10.3. The van der Waals surface area contributed by atoms with E-state index >= 15 is 4.39 Å². The largest absolute Gasteiger partial charge is 0.465 e. The van der Waals surface area contributed by atoms with Crippen LogP contribution in [0.15, 0.2) is 54.9 Å². The molecular weight excluding hydrogens is 411 g/mol. The van der Waals surface area contributed by atoms with Crippen LogP contribution in [0.2, 0.25) is 0 Å². The van der Waals surface area contributed by atoms with Crippen molar-refractivity contribution in [2.45, 2.75) is 12.3 Å². The lowest BCUT2D eigenvalue weighted by molar-refractivity contribution is 0.164. The lowest BCUT2D eigenvalue weighted by Gasteiger charge is -2.29. The topological polar surface area (TPSA) is 103 Å². The van der Waals surface area contributed by atoms with Crippen molar-refractivity contribution in [2.75, 3.05) is 19.8 Å². The summed E-state index contributed by atoms with van der Waals surface area (Å²) in [5.74, 6) is -0.532. The lowest BCUT2D eigenvalue weighted by atomic mass is 9.86. The quantitative estimate of drug-likeness (QED) is 0.363. The summed E-state index contributed by atoms with van der Waals surface area (Å²) >= 11 is 0. The van der Waals surface area contributed by atoms with Crippen LogP contribution in [0.5, 0.6) is 11.5 Å². The summed E-state index contributed by atoms with van der Waals surface area (Å²) in [4.78, 5) is 8.31. The number of amidine groups is 1. The fourth-order valence-corrected chi connectivity index (χ4v) is 4.04. The van der Waals surface area contributed by atoms with E-state index in [1.165, 1.54) is 0 Å². The molecule has 1 unspecified atom stereocenters. The Morgan fingerprint density at radius 2 is 2.12 bits per heavy atom. The number of nitrogens with one attached hydrogen (secondary N) is 1. The summed E-state index contributed by atoms with van der Waals surface area (Å²) in [6, 6.07) is 10.9. The number of ether oxygens (including phenoxy) is 3. The van der Waals surface area contributed by atoms with E-state index < -0.39 is 17.9 Å². The molecule has 1 atom stereocenters. The average molecular weight is 432 g/mol. The third-order valence-corrected chi connectivity index (χ3v) is 5.57. The Hall–Kier alpha value is -3.78. The van der Waals surface area contributed by atoms with Gasteiger partial charge in [0.05, 0.1) is 24.8 Å². The Morgan fingerprint density at radius 3 is 2.88 bits per heavy atom. The Balaban J connectivity index is 1.62. The molecule has 5 rings (SSSR count). The molecule has 0 spiro atoms. The number of benzene rings is 1. The van der Waals surface area contributed by atoms with E-state index in [2.05, 4.69) is 9.97 Å². The number of fused-ring (bicyclic) bond motifs is 2. The van der Waals surface area contributed by atoms with Crippen molar-refractivity contribution in [1.29, 1.82) is 5.41 Å². The van der Waals surface area contributed by atoms with Crippen LogP contribution in [0, 0.1) is 11.4 Å². The molecule has 0 bridgehead atoms. The minimum atomic E-state index is -0.696. The second-order valence-electron chi connectivity index (χ2n) is 7.61. The summed E-state index contributed by atoms with van der Waals surface area (Å²) in [7, 11) is 0. The zero-order chi connectivity index (χ0) is 22.1. The molecule has 0 saturated heterocycles. The Labute approximate surface area is 184 Å². The van der Waals surface area contributed by atoms with Gasteiger partial charge in [0.2, 0.25) is 0 Å². The third-order valence-electron chi connectivity index (χ3n) is 5.57. The molecule has 0 radical (unpaired) electrons. The number of hydrogen-bond acceptors (Lipinski definition) is 6. The molecule has 4 heterocycles. The highest BCUT2D eigenvalue weighted by molar-refractivity contribution is 5.70. The highest BCUT2D eigenvalue weighted by Crippen LogP contribution is 2.47. The monoisotopic (exact) mass is 432 g/mol. The second kappa shape index (κ2) is 8.39. The highest BCUT2D eigenvalue weighted by atomic mass is 19.1. The van der Waals surface area contributed by atoms with Crippen LogP contribution in [0.4, 0.5) is 4.39 Å². The van der Waals surface area contributed by atoms with Crippen molar-refractivity contribution in [1.82, 2.24) is 9.97 Å². The molecular formula is C24H21FN4O3. The highest BCUT2D eigenvalue weighted by Gasteiger charge is 2.32. The molecule has 2 aliphatic heterocycles. The molecule has 2 aromatic heterocycles. The van der Waals surface area contributed by atoms with Crippen LogP contribution in [0.25, 0.3) is 16.7 Å². The van der Waals surface area contributed by atoms with Crippen LogP contribution in [0.3, 0.4) is 0 Å².